The van der Waals surface area contributed by atoms with Crippen molar-refractivity contribution in [2.24, 2.45) is 0 Å². The highest BCUT2D eigenvalue weighted by Crippen LogP contribution is 1.98. The van der Waals surface area contributed by atoms with Gasteiger partial charge in [0.2, 0.25) is 0 Å². The zero-order chi connectivity index (χ0) is 6.73. The van der Waals surface area contributed by atoms with Crippen LogP contribution in [0.4, 0.5) is 0 Å². The summed E-state index contributed by atoms with van der Waals surface area (Å²) in [5.74, 6) is 0.218. The number of aliphatic hydroxyl groups excluding tert-OH is 1. The first kappa shape index (κ1) is 7.50. The van der Waals surface area contributed by atoms with E-state index in [0.717, 1.165) is 0 Å². The number of hydrogen-bond donors (Lipinski definition) is 1. The average molecular weight is 115 g/mol. The fraction of sp³-hybridized carbons (Fsp3) is 0.667. The molecule has 0 aromatic heterocycles. The van der Waals surface area contributed by atoms with Gasteiger partial charge in [0, 0.05) is 0 Å². The molecule has 1 N–H and O–H groups in total. The predicted octanol–water partition coefficient (Wildman–Crippen LogP) is 1.01. The van der Waals surface area contributed by atoms with Gasteiger partial charge >= 0.3 is 0 Å². The highest BCUT2D eigenvalue weighted by atomic mass is 16.3. The lowest BCUT2D eigenvalue weighted by atomic mass is 10.3. The third-order valence-electron chi connectivity index (χ3n) is 1.26. The van der Waals surface area contributed by atoms with Crippen molar-refractivity contribution in [2.75, 3.05) is 14.1 Å². The van der Waals surface area contributed by atoms with Crippen molar-refractivity contribution in [1.82, 2.24) is 4.90 Å². The van der Waals surface area contributed by atoms with E-state index in [4.69, 9.17) is 5.11 Å². The summed E-state index contributed by atoms with van der Waals surface area (Å²) in [5.41, 5.74) is 0. The summed E-state index contributed by atoms with van der Waals surface area (Å²) in [5, 5.41) is 8.76. The molecule has 0 fully saturated rings. The SMILES string of the molecule is C=C(O)[C@H](C)N(C)C. The van der Waals surface area contributed by atoms with Crippen LogP contribution in [0.2, 0.25) is 0 Å². The smallest absolute Gasteiger partial charge is 0.102 e. The van der Waals surface area contributed by atoms with E-state index in [2.05, 4.69) is 6.58 Å². The Morgan fingerprint density at radius 1 is 1.62 bits per heavy atom. The van der Waals surface area contributed by atoms with Gasteiger partial charge < -0.3 is 5.11 Å². The molecule has 0 aliphatic carbocycles. The van der Waals surface area contributed by atoms with Crippen LogP contribution >= 0.6 is 0 Å². The fourth-order valence-electron chi connectivity index (χ4n) is 0.298. The van der Waals surface area contributed by atoms with Crippen molar-refractivity contribution in [3.63, 3.8) is 0 Å². The second kappa shape index (κ2) is 2.72. The van der Waals surface area contributed by atoms with Gasteiger partial charge in [0.1, 0.15) is 5.76 Å². The molecule has 0 aromatic carbocycles. The summed E-state index contributed by atoms with van der Waals surface area (Å²) in [6.45, 7) is 5.28. The lowest BCUT2D eigenvalue weighted by Crippen LogP contribution is -2.25. The molecule has 1 atom stereocenters. The molecule has 0 bridgehead atoms. The molecular formula is C6H13NO. The molecule has 0 aliphatic rings. The Kier molecular flexibility index (Phi) is 2.55. The Morgan fingerprint density at radius 3 is 2.00 bits per heavy atom. The normalized spacial score (nSPS) is 14.0. The zero-order valence-corrected chi connectivity index (χ0v) is 5.68. The molecular weight excluding hydrogens is 102 g/mol. The molecule has 0 heterocycles. The van der Waals surface area contributed by atoms with Crippen molar-refractivity contribution in [3.8, 4) is 0 Å². The molecule has 0 radical (unpaired) electrons. The lowest BCUT2D eigenvalue weighted by molar-refractivity contribution is 0.258. The Morgan fingerprint density at radius 2 is 2.00 bits per heavy atom. The second-order valence-electron chi connectivity index (χ2n) is 2.13. The molecule has 0 saturated carbocycles. The maximum absolute atomic E-state index is 8.76. The van der Waals surface area contributed by atoms with Gasteiger partial charge in [-0.1, -0.05) is 6.58 Å². The minimum atomic E-state index is 0.0648. The Hall–Kier alpha value is -0.500. The van der Waals surface area contributed by atoms with Crippen molar-refractivity contribution < 1.29 is 5.11 Å². The van der Waals surface area contributed by atoms with E-state index >= 15 is 0 Å². The van der Waals surface area contributed by atoms with Crippen molar-refractivity contribution in [2.45, 2.75) is 13.0 Å². The highest BCUT2D eigenvalue weighted by Gasteiger charge is 2.04. The third kappa shape index (κ3) is 1.98. The van der Waals surface area contributed by atoms with Gasteiger partial charge in [0.25, 0.3) is 0 Å². The van der Waals surface area contributed by atoms with Gasteiger partial charge in [0.15, 0.2) is 0 Å². The van der Waals surface area contributed by atoms with Gasteiger partial charge in [-0.3, -0.25) is 4.90 Å². The molecule has 2 nitrogen and oxygen atoms in total. The highest BCUT2D eigenvalue weighted by molar-refractivity contribution is 4.90. The first-order valence-corrected chi connectivity index (χ1v) is 2.60. The van der Waals surface area contributed by atoms with Crippen LogP contribution in [0.5, 0.6) is 0 Å². The van der Waals surface area contributed by atoms with Crippen molar-refractivity contribution in [1.29, 1.82) is 0 Å². The zero-order valence-electron chi connectivity index (χ0n) is 5.68. The molecule has 0 aliphatic heterocycles. The van der Waals surface area contributed by atoms with E-state index in [-0.39, 0.29) is 11.8 Å². The number of likely N-dealkylation sites (N-methyl/N-ethyl adjacent to an activating group) is 1. The minimum Gasteiger partial charge on any atom is -0.511 e. The van der Waals surface area contributed by atoms with Crippen LogP contribution in [0.25, 0.3) is 0 Å². The van der Waals surface area contributed by atoms with E-state index < -0.39 is 0 Å². The maximum Gasteiger partial charge on any atom is 0.102 e. The summed E-state index contributed by atoms with van der Waals surface area (Å²) in [7, 11) is 3.79. The molecule has 0 amide bonds. The molecule has 0 spiro atoms. The summed E-state index contributed by atoms with van der Waals surface area (Å²) in [6.07, 6.45) is 0. The Balaban J connectivity index is 3.64. The van der Waals surface area contributed by atoms with Crippen LogP contribution in [-0.2, 0) is 0 Å². The minimum absolute atomic E-state index is 0.0648. The molecule has 0 aromatic rings. The third-order valence-corrected chi connectivity index (χ3v) is 1.26. The molecule has 0 saturated heterocycles. The summed E-state index contributed by atoms with van der Waals surface area (Å²) in [6, 6.07) is 0.0648. The van der Waals surface area contributed by atoms with Crippen LogP contribution < -0.4 is 0 Å². The molecule has 0 rings (SSSR count). The van der Waals surface area contributed by atoms with Crippen LogP contribution in [-0.4, -0.2) is 30.1 Å². The van der Waals surface area contributed by atoms with Gasteiger partial charge in [0.05, 0.1) is 6.04 Å². The van der Waals surface area contributed by atoms with Crippen molar-refractivity contribution in [3.05, 3.63) is 12.3 Å². The number of hydrogen-bond acceptors (Lipinski definition) is 2. The summed E-state index contributed by atoms with van der Waals surface area (Å²) >= 11 is 0. The van der Waals surface area contributed by atoms with Gasteiger partial charge in [-0.25, -0.2) is 0 Å². The van der Waals surface area contributed by atoms with Crippen LogP contribution in [0.3, 0.4) is 0 Å². The van der Waals surface area contributed by atoms with Crippen molar-refractivity contribution >= 4 is 0 Å². The van der Waals surface area contributed by atoms with Crippen LogP contribution in [0.15, 0.2) is 12.3 Å². The fourth-order valence-corrected chi connectivity index (χ4v) is 0.298. The van der Waals surface area contributed by atoms with Gasteiger partial charge in [-0.15, -0.1) is 0 Å². The number of aliphatic hydroxyl groups is 1. The maximum atomic E-state index is 8.76. The standard InChI is InChI=1S/C6H13NO/c1-5(6(2)8)7(3)4/h5,8H,2H2,1,3-4H3/t5-/m0/s1. The first-order chi connectivity index (χ1) is 3.55. The van der Waals surface area contributed by atoms with Gasteiger partial charge in [-0.2, -0.15) is 0 Å². The largest absolute Gasteiger partial charge is 0.511 e. The topological polar surface area (TPSA) is 23.5 Å². The Bertz CT molecular complexity index is 88.5. The first-order valence-electron chi connectivity index (χ1n) is 2.60. The number of rotatable bonds is 2. The van der Waals surface area contributed by atoms with Crippen LogP contribution in [0.1, 0.15) is 6.92 Å². The predicted molar refractivity (Wildman–Crippen MR) is 34.9 cm³/mol. The molecule has 0 unspecified atom stereocenters. The lowest BCUT2D eigenvalue weighted by Gasteiger charge is -2.17. The monoisotopic (exact) mass is 115 g/mol. The number of nitrogens with zero attached hydrogens (tertiary/aromatic N) is 1. The average Bonchev–Trinajstić information content (AvgIpc) is 1.64. The Labute approximate surface area is 50.4 Å². The molecule has 2 heteroatoms. The van der Waals surface area contributed by atoms with E-state index in [9.17, 15) is 0 Å². The summed E-state index contributed by atoms with van der Waals surface area (Å²) in [4.78, 5) is 1.89. The van der Waals surface area contributed by atoms with E-state index in [1.165, 1.54) is 0 Å². The molecule has 8 heavy (non-hydrogen) atoms. The summed E-state index contributed by atoms with van der Waals surface area (Å²) < 4.78 is 0. The molecule has 48 valence electrons. The second-order valence-corrected chi connectivity index (χ2v) is 2.13. The van der Waals surface area contributed by atoms with E-state index in [1.807, 2.05) is 25.9 Å². The van der Waals surface area contributed by atoms with Crippen LogP contribution in [0, 0.1) is 0 Å². The van der Waals surface area contributed by atoms with E-state index in [0.29, 0.717) is 0 Å². The quantitative estimate of drug-likeness (QED) is 0.543. The van der Waals surface area contributed by atoms with E-state index in [1.54, 1.807) is 0 Å². The van der Waals surface area contributed by atoms with Gasteiger partial charge in [-0.05, 0) is 21.0 Å².